The molecule has 2 aromatic carbocycles. The summed E-state index contributed by atoms with van der Waals surface area (Å²) in [6, 6.07) is 11.3. The molecule has 1 saturated carbocycles. The van der Waals surface area contributed by atoms with E-state index in [0.717, 1.165) is 22.7 Å². The fourth-order valence-electron chi connectivity index (χ4n) is 3.30. The van der Waals surface area contributed by atoms with Crippen LogP contribution in [0.3, 0.4) is 0 Å². The third-order valence-corrected chi connectivity index (χ3v) is 7.13. The Morgan fingerprint density at radius 3 is 2.26 bits per heavy atom. The lowest BCUT2D eigenvalue weighted by Gasteiger charge is -2.16. The van der Waals surface area contributed by atoms with Crippen LogP contribution in [0.2, 0.25) is 0 Å². The van der Waals surface area contributed by atoms with Crippen LogP contribution in [0, 0.1) is 0 Å². The van der Waals surface area contributed by atoms with E-state index in [9.17, 15) is 18.0 Å². The molecule has 0 heterocycles. The highest BCUT2D eigenvalue weighted by Crippen LogP contribution is 2.49. The average molecular weight is 447 g/mol. The van der Waals surface area contributed by atoms with Gasteiger partial charge in [-0.2, -0.15) is 0 Å². The minimum Gasteiger partial charge on any atom is -0.495 e. The summed E-state index contributed by atoms with van der Waals surface area (Å²) in [7, 11) is 0.395. The van der Waals surface area contributed by atoms with Crippen molar-refractivity contribution in [3.8, 4) is 5.75 Å². The molecule has 1 amide bonds. The van der Waals surface area contributed by atoms with Gasteiger partial charge in [-0.3, -0.25) is 9.59 Å². The maximum Gasteiger partial charge on any atom is 0.316 e. The van der Waals surface area contributed by atoms with Crippen molar-refractivity contribution in [2.45, 2.75) is 30.1 Å². The van der Waals surface area contributed by atoms with E-state index in [-0.39, 0.29) is 22.2 Å². The van der Waals surface area contributed by atoms with Crippen LogP contribution in [0.5, 0.6) is 5.75 Å². The summed E-state index contributed by atoms with van der Waals surface area (Å²) in [4.78, 5) is 24.9. The Bertz CT molecular complexity index is 1090. The number of anilines is 1. The number of nitrogens with zero attached hydrogens (tertiary/aromatic N) is 1. The molecule has 0 radical (unpaired) electrons. The molecule has 0 aromatic heterocycles. The Hall–Kier alpha value is -2.91. The minimum atomic E-state index is -3.79. The minimum absolute atomic E-state index is 0.0897. The molecule has 1 N–H and O–H groups in total. The predicted molar refractivity (Wildman–Crippen MR) is 116 cm³/mol. The number of hydrogen-bond donors (Lipinski definition) is 1. The molecular formula is C22H26N2O6S. The number of amides is 1. The largest absolute Gasteiger partial charge is 0.495 e. The quantitative estimate of drug-likeness (QED) is 0.626. The van der Waals surface area contributed by atoms with Crippen molar-refractivity contribution in [1.29, 1.82) is 0 Å². The second-order valence-corrected chi connectivity index (χ2v) is 9.61. The standard InChI is InChI=1S/C22H26N2O6S/c1-5-30-21(26)22(12-13-22)16-7-9-17(10-8-16)23-20(25)15-6-11-18(29-4)19(14-15)31(27,28)24(2)3/h6-11,14H,5,12-13H2,1-4H3,(H,23,25). The van der Waals surface area contributed by atoms with Crippen LogP contribution in [-0.4, -0.2) is 52.4 Å². The summed E-state index contributed by atoms with van der Waals surface area (Å²) in [5, 5.41) is 2.75. The zero-order valence-corrected chi connectivity index (χ0v) is 18.8. The molecule has 0 saturated heterocycles. The molecule has 1 aliphatic rings. The first-order valence-electron chi connectivity index (χ1n) is 9.85. The number of hydrogen-bond acceptors (Lipinski definition) is 6. The molecular weight excluding hydrogens is 420 g/mol. The maximum absolute atomic E-state index is 12.7. The predicted octanol–water partition coefficient (Wildman–Crippen LogP) is 2.79. The summed E-state index contributed by atoms with van der Waals surface area (Å²) in [5.74, 6) is -0.528. The molecule has 8 nitrogen and oxygen atoms in total. The molecule has 0 aliphatic heterocycles. The number of carbonyl (C=O) groups excluding carboxylic acids is 2. The molecule has 2 aromatic rings. The lowest BCUT2D eigenvalue weighted by atomic mass is 9.96. The molecule has 0 unspecified atom stereocenters. The van der Waals surface area contributed by atoms with E-state index in [0.29, 0.717) is 12.3 Å². The van der Waals surface area contributed by atoms with Crippen molar-refractivity contribution in [2.75, 3.05) is 33.1 Å². The van der Waals surface area contributed by atoms with Crippen molar-refractivity contribution in [3.05, 3.63) is 53.6 Å². The normalized spacial score (nSPS) is 14.7. The molecule has 1 aliphatic carbocycles. The van der Waals surface area contributed by atoms with Gasteiger partial charge in [0, 0.05) is 25.3 Å². The maximum atomic E-state index is 12.7. The summed E-state index contributed by atoms with van der Waals surface area (Å²) >= 11 is 0. The second-order valence-electron chi connectivity index (χ2n) is 7.49. The van der Waals surface area contributed by atoms with Crippen LogP contribution in [0.15, 0.2) is 47.4 Å². The number of benzene rings is 2. The number of esters is 1. The van der Waals surface area contributed by atoms with Gasteiger partial charge in [0.15, 0.2) is 0 Å². The SMILES string of the molecule is CCOC(=O)C1(c2ccc(NC(=O)c3ccc(OC)c(S(=O)(=O)N(C)C)c3)cc2)CC1. The first kappa shape index (κ1) is 22.8. The summed E-state index contributed by atoms with van der Waals surface area (Å²) < 4.78 is 36.5. The van der Waals surface area contributed by atoms with Crippen LogP contribution in [0.4, 0.5) is 5.69 Å². The first-order valence-corrected chi connectivity index (χ1v) is 11.3. The van der Waals surface area contributed by atoms with Gasteiger partial charge in [-0.05, 0) is 55.7 Å². The number of methoxy groups -OCH3 is 1. The van der Waals surface area contributed by atoms with Gasteiger partial charge in [0.2, 0.25) is 10.0 Å². The highest BCUT2D eigenvalue weighted by Gasteiger charge is 2.52. The Kier molecular flexibility index (Phi) is 6.38. The van der Waals surface area contributed by atoms with Crippen LogP contribution < -0.4 is 10.1 Å². The first-order chi connectivity index (χ1) is 14.7. The molecule has 9 heteroatoms. The molecule has 0 spiro atoms. The van der Waals surface area contributed by atoms with Gasteiger partial charge in [-0.15, -0.1) is 0 Å². The highest BCUT2D eigenvalue weighted by molar-refractivity contribution is 7.89. The fourth-order valence-corrected chi connectivity index (χ4v) is 4.37. The van der Waals surface area contributed by atoms with Crippen LogP contribution >= 0.6 is 0 Å². The van der Waals surface area contributed by atoms with Gasteiger partial charge in [0.1, 0.15) is 10.6 Å². The van der Waals surface area contributed by atoms with Crippen LogP contribution in [0.1, 0.15) is 35.7 Å². The molecule has 3 rings (SSSR count). The third-order valence-electron chi connectivity index (χ3n) is 5.30. The fraction of sp³-hybridized carbons (Fsp3) is 0.364. The molecule has 31 heavy (non-hydrogen) atoms. The Morgan fingerprint density at radius 2 is 1.74 bits per heavy atom. The van der Waals surface area contributed by atoms with Gasteiger partial charge in [-0.1, -0.05) is 12.1 Å². The summed E-state index contributed by atoms with van der Waals surface area (Å²) in [6.07, 6.45) is 1.49. The zero-order valence-electron chi connectivity index (χ0n) is 18.0. The number of carbonyl (C=O) groups is 2. The van der Waals surface area contributed by atoms with Crippen LogP contribution in [-0.2, 0) is 25.0 Å². The van der Waals surface area contributed by atoms with Crippen molar-refractivity contribution >= 4 is 27.6 Å². The Labute approximate surface area is 182 Å². The Morgan fingerprint density at radius 1 is 1.10 bits per heavy atom. The van der Waals surface area contributed by atoms with E-state index in [2.05, 4.69) is 5.32 Å². The van der Waals surface area contributed by atoms with E-state index in [1.807, 2.05) is 0 Å². The van der Waals surface area contributed by atoms with E-state index < -0.39 is 21.3 Å². The van der Waals surface area contributed by atoms with Crippen molar-refractivity contribution in [2.24, 2.45) is 0 Å². The van der Waals surface area contributed by atoms with Crippen molar-refractivity contribution < 1.29 is 27.5 Å². The van der Waals surface area contributed by atoms with E-state index in [1.165, 1.54) is 39.4 Å². The number of ether oxygens (including phenoxy) is 2. The number of sulfonamides is 1. The molecule has 0 atom stereocenters. The van der Waals surface area contributed by atoms with Gasteiger partial charge in [-0.25, -0.2) is 12.7 Å². The van der Waals surface area contributed by atoms with E-state index in [1.54, 1.807) is 31.2 Å². The zero-order chi connectivity index (χ0) is 22.8. The van der Waals surface area contributed by atoms with E-state index in [4.69, 9.17) is 9.47 Å². The van der Waals surface area contributed by atoms with Gasteiger partial charge in [0.05, 0.1) is 19.1 Å². The van der Waals surface area contributed by atoms with Gasteiger partial charge in [0.25, 0.3) is 5.91 Å². The molecule has 1 fully saturated rings. The smallest absolute Gasteiger partial charge is 0.316 e. The van der Waals surface area contributed by atoms with Crippen molar-refractivity contribution in [3.63, 3.8) is 0 Å². The lowest BCUT2D eigenvalue weighted by molar-refractivity contribution is -0.146. The molecule has 0 bridgehead atoms. The van der Waals surface area contributed by atoms with Crippen LogP contribution in [0.25, 0.3) is 0 Å². The third kappa shape index (κ3) is 4.42. The second kappa shape index (κ2) is 8.68. The van der Waals surface area contributed by atoms with Crippen molar-refractivity contribution in [1.82, 2.24) is 4.31 Å². The monoisotopic (exact) mass is 446 g/mol. The highest BCUT2D eigenvalue weighted by atomic mass is 32.2. The average Bonchev–Trinajstić information content (AvgIpc) is 3.56. The lowest BCUT2D eigenvalue weighted by Crippen LogP contribution is -2.23. The molecule has 166 valence electrons. The summed E-state index contributed by atoms with van der Waals surface area (Å²) in [5.41, 5.74) is 0.980. The summed E-state index contributed by atoms with van der Waals surface area (Å²) in [6.45, 7) is 2.11. The van der Waals surface area contributed by atoms with E-state index >= 15 is 0 Å². The Balaban J connectivity index is 1.80. The number of rotatable bonds is 8. The van der Waals surface area contributed by atoms with Gasteiger partial charge >= 0.3 is 5.97 Å². The topological polar surface area (TPSA) is 102 Å². The van der Waals surface area contributed by atoms with Gasteiger partial charge < -0.3 is 14.8 Å². The number of nitrogens with one attached hydrogen (secondary N) is 1.